The lowest BCUT2D eigenvalue weighted by Crippen LogP contribution is -2.49. The molecule has 1 heterocycles. The van der Waals surface area contributed by atoms with E-state index in [0.29, 0.717) is 0 Å². The number of rotatable bonds is 3. The highest BCUT2D eigenvalue weighted by molar-refractivity contribution is 5.82. The number of ether oxygens (including phenoxy) is 1. The zero-order chi connectivity index (χ0) is 20.7. The summed E-state index contributed by atoms with van der Waals surface area (Å²) in [6.45, 7) is 0.418. The Bertz CT molecular complexity index is 1090. The number of hydrogen-bond donors (Lipinski definition) is 1. The number of carbonyl (C=O) groups excluding carboxylic acids is 1. The van der Waals surface area contributed by atoms with Crippen LogP contribution in [0.5, 0.6) is 0 Å². The molecule has 1 aliphatic carbocycles. The molecular formula is C25H21NO4. The first kappa shape index (κ1) is 18.4. The molecule has 3 aromatic carbocycles. The van der Waals surface area contributed by atoms with E-state index in [4.69, 9.17) is 4.74 Å². The molecule has 150 valence electrons. The maximum Gasteiger partial charge on any atom is 0.410 e. The summed E-state index contributed by atoms with van der Waals surface area (Å²) < 4.78 is 5.70. The van der Waals surface area contributed by atoms with Gasteiger partial charge in [-0.15, -0.1) is 0 Å². The summed E-state index contributed by atoms with van der Waals surface area (Å²) in [5.41, 5.74) is 6.50. The molecule has 1 unspecified atom stereocenters. The van der Waals surface area contributed by atoms with Gasteiger partial charge in [-0.25, -0.2) is 9.59 Å². The Hall–Kier alpha value is -3.60. The second-order valence-corrected chi connectivity index (χ2v) is 7.76. The second-order valence-electron chi connectivity index (χ2n) is 7.76. The van der Waals surface area contributed by atoms with Crippen molar-refractivity contribution in [2.24, 2.45) is 0 Å². The molecule has 0 radical (unpaired) electrons. The van der Waals surface area contributed by atoms with Crippen LogP contribution in [0.3, 0.4) is 0 Å². The van der Waals surface area contributed by atoms with Crippen LogP contribution in [0, 0.1) is 0 Å². The van der Waals surface area contributed by atoms with Gasteiger partial charge in [0.05, 0.1) is 6.54 Å². The Morgan fingerprint density at radius 2 is 1.43 bits per heavy atom. The Labute approximate surface area is 174 Å². The van der Waals surface area contributed by atoms with Gasteiger partial charge in [0.1, 0.15) is 12.6 Å². The minimum atomic E-state index is -1.02. The molecule has 1 atom stereocenters. The van der Waals surface area contributed by atoms with Gasteiger partial charge in [-0.1, -0.05) is 72.8 Å². The van der Waals surface area contributed by atoms with Crippen molar-refractivity contribution in [3.63, 3.8) is 0 Å². The van der Waals surface area contributed by atoms with Crippen LogP contribution in [0.25, 0.3) is 11.1 Å². The highest BCUT2D eigenvalue weighted by Gasteiger charge is 2.36. The van der Waals surface area contributed by atoms with Crippen LogP contribution < -0.4 is 0 Å². The molecule has 1 N–H and O–H groups in total. The number of amides is 1. The second kappa shape index (κ2) is 7.34. The summed E-state index contributed by atoms with van der Waals surface area (Å²) in [7, 11) is 0. The maximum absolute atomic E-state index is 12.9. The number of fused-ring (bicyclic) bond motifs is 4. The zero-order valence-corrected chi connectivity index (χ0v) is 16.3. The molecule has 0 bridgehead atoms. The van der Waals surface area contributed by atoms with Crippen LogP contribution in [0.1, 0.15) is 28.2 Å². The molecule has 0 spiro atoms. The van der Waals surface area contributed by atoms with Gasteiger partial charge in [0.25, 0.3) is 0 Å². The number of nitrogens with zero attached hydrogens (tertiary/aromatic N) is 1. The molecule has 0 saturated carbocycles. The molecule has 5 rings (SSSR count). The van der Waals surface area contributed by atoms with Gasteiger partial charge in [-0.2, -0.15) is 0 Å². The Kier molecular flexibility index (Phi) is 4.51. The third kappa shape index (κ3) is 3.03. The SMILES string of the molecule is O=C(O)C1Cc2ccccc2CN1C(=O)OCC1c2ccccc2-c2ccccc21. The van der Waals surface area contributed by atoms with Gasteiger partial charge in [0, 0.05) is 12.3 Å². The van der Waals surface area contributed by atoms with Gasteiger partial charge in [-0.3, -0.25) is 4.90 Å². The predicted octanol–water partition coefficient (Wildman–Crippen LogP) is 4.45. The van der Waals surface area contributed by atoms with Gasteiger partial charge >= 0.3 is 12.1 Å². The van der Waals surface area contributed by atoms with Crippen molar-refractivity contribution in [3.8, 4) is 11.1 Å². The van der Waals surface area contributed by atoms with Gasteiger partial charge < -0.3 is 9.84 Å². The average molecular weight is 399 g/mol. The normalized spacial score (nSPS) is 17.1. The molecular weight excluding hydrogens is 378 g/mol. The standard InChI is InChI=1S/C25H21NO4/c27-24(28)23-13-16-7-1-2-8-17(16)14-26(23)25(29)30-15-22-20-11-5-3-9-18(20)19-10-4-6-12-21(19)22/h1-12,22-23H,13-15H2,(H,27,28). The molecule has 5 nitrogen and oxygen atoms in total. The van der Waals surface area contributed by atoms with E-state index < -0.39 is 18.1 Å². The van der Waals surface area contributed by atoms with E-state index in [9.17, 15) is 14.7 Å². The third-order valence-corrected chi connectivity index (χ3v) is 6.10. The lowest BCUT2D eigenvalue weighted by atomic mass is 9.94. The molecule has 1 amide bonds. The Balaban J connectivity index is 1.38. The van der Waals surface area contributed by atoms with Crippen molar-refractivity contribution >= 4 is 12.1 Å². The van der Waals surface area contributed by atoms with Crippen LogP contribution in [-0.2, 0) is 22.5 Å². The number of benzene rings is 3. The summed E-state index contributed by atoms with van der Waals surface area (Å²) in [5, 5.41) is 9.67. The van der Waals surface area contributed by atoms with Crippen molar-refractivity contribution in [1.82, 2.24) is 4.90 Å². The van der Waals surface area contributed by atoms with E-state index in [-0.39, 0.29) is 25.5 Å². The van der Waals surface area contributed by atoms with Crippen molar-refractivity contribution in [2.75, 3.05) is 6.61 Å². The molecule has 0 saturated heterocycles. The van der Waals surface area contributed by atoms with Crippen LogP contribution in [0.4, 0.5) is 4.79 Å². The van der Waals surface area contributed by atoms with Crippen LogP contribution in [0.15, 0.2) is 72.8 Å². The molecule has 1 aliphatic heterocycles. The van der Waals surface area contributed by atoms with E-state index in [1.165, 1.54) is 4.90 Å². The molecule has 5 heteroatoms. The number of carbonyl (C=O) groups is 2. The molecule has 0 fully saturated rings. The molecule has 30 heavy (non-hydrogen) atoms. The number of hydrogen-bond acceptors (Lipinski definition) is 3. The lowest BCUT2D eigenvalue weighted by molar-refractivity contribution is -0.143. The fraction of sp³-hybridized carbons (Fsp3) is 0.200. The first-order valence-corrected chi connectivity index (χ1v) is 10.0. The molecule has 3 aromatic rings. The number of carboxylic acids is 1. The van der Waals surface area contributed by atoms with E-state index in [2.05, 4.69) is 24.3 Å². The lowest BCUT2D eigenvalue weighted by Gasteiger charge is -2.33. The minimum absolute atomic E-state index is 0.0540. The fourth-order valence-corrected chi connectivity index (χ4v) is 4.61. The zero-order valence-electron chi connectivity index (χ0n) is 16.3. The predicted molar refractivity (Wildman–Crippen MR) is 112 cm³/mol. The van der Waals surface area contributed by atoms with Gasteiger partial charge in [0.2, 0.25) is 0 Å². The van der Waals surface area contributed by atoms with Gasteiger partial charge in [-0.05, 0) is 33.4 Å². The highest BCUT2D eigenvalue weighted by Crippen LogP contribution is 2.44. The van der Waals surface area contributed by atoms with E-state index in [1.807, 2.05) is 48.5 Å². The largest absolute Gasteiger partial charge is 0.480 e. The van der Waals surface area contributed by atoms with Crippen LogP contribution >= 0.6 is 0 Å². The smallest absolute Gasteiger partial charge is 0.410 e. The quantitative estimate of drug-likeness (QED) is 0.707. The van der Waals surface area contributed by atoms with Crippen molar-refractivity contribution in [2.45, 2.75) is 24.9 Å². The fourth-order valence-electron chi connectivity index (χ4n) is 4.61. The average Bonchev–Trinajstić information content (AvgIpc) is 3.10. The van der Waals surface area contributed by atoms with Crippen molar-refractivity contribution in [1.29, 1.82) is 0 Å². The summed E-state index contributed by atoms with van der Waals surface area (Å²) in [4.78, 5) is 26.1. The summed E-state index contributed by atoms with van der Waals surface area (Å²) in [5.74, 6) is -1.07. The van der Waals surface area contributed by atoms with Gasteiger partial charge in [0.15, 0.2) is 0 Å². The summed E-state index contributed by atoms with van der Waals surface area (Å²) >= 11 is 0. The van der Waals surface area contributed by atoms with E-state index >= 15 is 0 Å². The van der Waals surface area contributed by atoms with E-state index in [1.54, 1.807) is 0 Å². The minimum Gasteiger partial charge on any atom is -0.480 e. The maximum atomic E-state index is 12.9. The summed E-state index contributed by atoms with van der Waals surface area (Å²) in [6.07, 6.45) is -0.297. The Morgan fingerprint density at radius 3 is 2.07 bits per heavy atom. The number of aliphatic carboxylic acids is 1. The first-order chi connectivity index (χ1) is 14.6. The van der Waals surface area contributed by atoms with E-state index in [0.717, 1.165) is 33.4 Å². The Morgan fingerprint density at radius 1 is 0.867 bits per heavy atom. The third-order valence-electron chi connectivity index (χ3n) is 6.10. The molecule has 0 aromatic heterocycles. The first-order valence-electron chi connectivity index (χ1n) is 10.0. The molecule has 2 aliphatic rings. The number of carboxylic acid groups (broad SMARTS) is 1. The monoisotopic (exact) mass is 399 g/mol. The summed E-state index contributed by atoms with van der Waals surface area (Å²) in [6, 6.07) is 23.0. The van der Waals surface area contributed by atoms with Crippen molar-refractivity contribution < 1.29 is 19.4 Å². The highest BCUT2D eigenvalue weighted by atomic mass is 16.6. The van der Waals surface area contributed by atoms with Crippen molar-refractivity contribution in [3.05, 3.63) is 95.1 Å². The topological polar surface area (TPSA) is 66.8 Å². The van der Waals surface area contributed by atoms with Crippen LogP contribution in [-0.4, -0.2) is 34.7 Å². The van der Waals surface area contributed by atoms with Crippen LogP contribution in [0.2, 0.25) is 0 Å².